The van der Waals surface area contributed by atoms with Gasteiger partial charge in [-0.2, -0.15) is 8.78 Å². The summed E-state index contributed by atoms with van der Waals surface area (Å²) in [7, 11) is 0. The van der Waals surface area contributed by atoms with Crippen LogP contribution in [0.15, 0.2) is 35.4 Å². The van der Waals surface area contributed by atoms with E-state index >= 15 is 0 Å². The number of ketones is 1. The Balaban J connectivity index is 1.60. The summed E-state index contributed by atoms with van der Waals surface area (Å²) in [6.45, 7) is -3.07. The van der Waals surface area contributed by atoms with Gasteiger partial charge in [0, 0.05) is 10.4 Å². The van der Waals surface area contributed by atoms with E-state index in [-0.39, 0.29) is 23.6 Å². The van der Waals surface area contributed by atoms with Crippen molar-refractivity contribution in [2.45, 2.75) is 32.4 Å². The monoisotopic (exact) mass is 376 g/mol. The number of hydrogen-bond acceptors (Lipinski definition) is 5. The van der Waals surface area contributed by atoms with Gasteiger partial charge in [0.15, 0.2) is 5.78 Å². The number of aromatic nitrogens is 2. The van der Waals surface area contributed by atoms with E-state index in [1.165, 1.54) is 40.0 Å². The van der Waals surface area contributed by atoms with Crippen LogP contribution in [0, 0.1) is 0 Å². The van der Waals surface area contributed by atoms with E-state index in [4.69, 9.17) is 0 Å². The van der Waals surface area contributed by atoms with Crippen LogP contribution in [0.5, 0.6) is 5.75 Å². The molecular weight excluding hydrogens is 362 g/mol. The number of thiophene rings is 1. The smallest absolute Gasteiger partial charge is 0.387 e. The molecule has 26 heavy (non-hydrogen) atoms. The molecule has 0 bridgehead atoms. The van der Waals surface area contributed by atoms with E-state index in [1.54, 1.807) is 11.3 Å². The zero-order chi connectivity index (χ0) is 18.3. The Labute approximate surface area is 150 Å². The summed E-state index contributed by atoms with van der Waals surface area (Å²) < 4.78 is 29.9. The first-order valence-corrected chi connectivity index (χ1v) is 8.92. The van der Waals surface area contributed by atoms with Crippen molar-refractivity contribution in [3.63, 3.8) is 0 Å². The van der Waals surface area contributed by atoms with E-state index in [0.717, 1.165) is 29.7 Å². The Morgan fingerprint density at radius 3 is 2.77 bits per heavy atom. The Hall–Kier alpha value is -2.61. The largest absolute Gasteiger partial charge is 0.435 e. The minimum absolute atomic E-state index is 0.0226. The second kappa shape index (κ2) is 6.60. The quantitative estimate of drug-likeness (QED) is 0.640. The molecule has 0 amide bonds. The topological polar surface area (TPSA) is 61.2 Å². The second-order valence-corrected chi connectivity index (χ2v) is 7.12. The predicted molar refractivity (Wildman–Crippen MR) is 93.3 cm³/mol. The fraction of sp³-hybridized carbons (Fsp3) is 0.278. The molecule has 0 spiro atoms. The number of halogens is 2. The van der Waals surface area contributed by atoms with Gasteiger partial charge in [0.1, 0.15) is 10.6 Å². The van der Waals surface area contributed by atoms with Crippen molar-refractivity contribution in [3.05, 3.63) is 57.0 Å². The highest BCUT2D eigenvalue weighted by Gasteiger charge is 2.21. The van der Waals surface area contributed by atoms with Crippen LogP contribution in [0.25, 0.3) is 10.2 Å². The fourth-order valence-electron chi connectivity index (χ4n) is 3.20. The number of nitrogens with zero attached hydrogens (tertiary/aromatic N) is 2. The molecule has 0 saturated carbocycles. The standard InChI is InChI=1S/C18H14F2N2O3S/c19-18(20)25-11-6-4-10(5-7-11)13(23)8-22-9-21-16-15(17(22)24)12-2-1-3-14(12)26-16/h4-7,9,18H,1-3,8H2. The molecule has 0 saturated heterocycles. The maximum atomic E-state index is 12.8. The molecule has 0 atom stereocenters. The van der Waals surface area contributed by atoms with Gasteiger partial charge in [0.25, 0.3) is 5.56 Å². The SMILES string of the molecule is O=C(Cn1cnc2sc3c(c2c1=O)CCC3)c1ccc(OC(F)F)cc1. The van der Waals surface area contributed by atoms with Gasteiger partial charge in [0.05, 0.1) is 18.3 Å². The number of rotatable bonds is 5. The van der Waals surface area contributed by atoms with Crippen LogP contribution in [0.4, 0.5) is 8.78 Å². The van der Waals surface area contributed by atoms with E-state index in [0.29, 0.717) is 10.9 Å². The van der Waals surface area contributed by atoms with Crippen molar-refractivity contribution in [1.29, 1.82) is 0 Å². The molecule has 3 aromatic rings. The maximum absolute atomic E-state index is 12.8. The van der Waals surface area contributed by atoms with Crippen LogP contribution in [0.2, 0.25) is 0 Å². The molecule has 1 aromatic carbocycles. The highest BCUT2D eigenvalue weighted by molar-refractivity contribution is 7.18. The molecule has 0 radical (unpaired) electrons. The van der Waals surface area contributed by atoms with Crippen molar-refractivity contribution < 1.29 is 18.3 Å². The van der Waals surface area contributed by atoms with Gasteiger partial charge in [-0.1, -0.05) is 0 Å². The number of carbonyl (C=O) groups is 1. The van der Waals surface area contributed by atoms with Gasteiger partial charge in [0.2, 0.25) is 0 Å². The summed E-state index contributed by atoms with van der Waals surface area (Å²) in [4.78, 5) is 31.5. The number of ether oxygens (including phenoxy) is 1. The minimum atomic E-state index is -2.92. The molecule has 1 aliphatic carbocycles. The third-order valence-corrected chi connectivity index (χ3v) is 5.61. The van der Waals surface area contributed by atoms with E-state index in [1.807, 2.05) is 0 Å². The second-order valence-electron chi connectivity index (χ2n) is 6.04. The fourth-order valence-corrected chi connectivity index (χ4v) is 4.42. The van der Waals surface area contributed by atoms with Crippen molar-refractivity contribution in [3.8, 4) is 5.75 Å². The molecule has 2 aromatic heterocycles. The lowest BCUT2D eigenvalue weighted by Gasteiger charge is -2.07. The Bertz CT molecular complexity index is 1040. The molecule has 0 unspecified atom stereocenters. The number of alkyl halides is 2. The van der Waals surface area contributed by atoms with Crippen molar-refractivity contribution in [2.24, 2.45) is 0 Å². The molecule has 2 heterocycles. The van der Waals surface area contributed by atoms with Crippen LogP contribution in [-0.4, -0.2) is 21.9 Å². The van der Waals surface area contributed by atoms with Crippen molar-refractivity contribution in [2.75, 3.05) is 0 Å². The molecule has 4 rings (SSSR count). The van der Waals surface area contributed by atoms with Gasteiger partial charge in [-0.05, 0) is 49.1 Å². The number of hydrogen-bond donors (Lipinski definition) is 0. The number of fused-ring (bicyclic) bond motifs is 3. The molecule has 8 heteroatoms. The van der Waals surface area contributed by atoms with E-state index in [2.05, 4.69) is 9.72 Å². The van der Waals surface area contributed by atoms with E-state index in [9.17, 15) is 18.4 Å². The highest BCUT2D eigenvalue weighted by Crippen LogP contribution is 2.34. The van der Waals surface area contributed by atoms with Crippen LogP contribution in [0.3, 0.4) is 0 Å². The first-order valence-electron chi connectivity index (χ1n) is 8.10. The van der Waals surface area contributed by atoms with E-state index < -0.39 is 6.61 Å². The molecule has 0 N–H and O–H groups in total. The summed E-state index contributed by atoms with van der Waals surface area (Å²) in [6.07, 6.45) is 4.28. The molecule has 0 fully saturated rings. The summed E-state index contributed by atoms with van der Waals surface area (Å²) in [5, 5.41) is 0.624. The third-order valence-electron chi connectivity index (χ3n) is 4.41. The van der Waals surface area contributed by atoms with Gasteiger partial charge in [-0.3, -0.25) is 14.2 Å². The Morgan fingerprint density at radius 2 is 2.04 bits per heavy atom. The zero-order valence-electron chi connectivity index (χ0n) is 13.6. The molecule has 134 valence electrons. The number of aryl methyl sites for hydroxylation is 2. The first-order chi connectivity index (χ1) is 12.5. The zero-order valence-corrected chi connectivity index (χ0v) is 14.4. The number of carbonyl (C=O) groups excluding carboxylic acids is 1. The molecule has 1 aliphatic rings. The van der Waals surface area contributed by atoms with Crippen molar-refractivity contribution in [1.82, 2.24) is 9.55 Å². The first kappa shape index (κ1) is 16.8. The lowest BCUT2D eigenvalue weighted by Crippen LogP contribution is -2.24. The van der Waals surface area contributed by atoms with Crippen LogP contribution >= 0.6 is 11.3 Å². The summed E-state index contributed by atoms with van der Waals surface area (Å²) >= 11 is 1.55. The predicted octanol–water partition coefficient (Wildman–Crippen LogP) is 3.43. The molecule has 5 nitrogen and oxygen atoms in total. The number of Topliss-reactive ketones (excluding diaryl/α,β-unsaturated/α-hetero) is 1. The average molecular weight is 376 g/mol. The Morgan fingerprint density at radius 1 is 1.27 bits per heavy atom. The van der Waals surface area contributed by atoms with Crippen LogP contribution in [-0.2, 0) is 19.4 Å². The van der Waals surface area contributed by atoms with Crippen molar-refractivity contribution >= 4 is 27.3 Å². The molecular formula is C18H14F2N2O3S. The van der Waals surface area contributed by atoms with Gasteiger partial charge >= 0.3 is 6.61 Å². The summed E-state index contributed by atoms with van der Waals surface area (Å²) in [6, 6.07) is 5.41. The summed E-state index contributed by atoms with van der Waals surface area (Å²) in [5.41, 5.74) is 1.17. The lowest BCUT2D eigenvalue weighted by atomic mass is 10.1. The van der Waals surface area contributed by atoms with Crippen LogP contribution < -0.4 is 10.3 Å². The number of benzene rings is 1. The third kappa shape index (κ3) is 3.01. The normalized spacial score (nSPS) is 13.3. The van der Waals surface area contributed by atoms with Gasteiger partial charge in [-0.15, -0.1) is 11.3 Å². The van der Waals surface area contributed by atoms with Crippen LogP contribution in [0.1, 0.15) is 27.2 Å². The summed E-state index contributed by atoms with van der Waals surface area (Å²) in [5.74, 6) is -0.325. The maximum Gasteiger partial charge on any atom is 0.387 e. The average Bonchev–Trinajstić information content (AvgIpc) is 3.18. The molecule has 0 aliphatic heterocycles. The lowest BCUT2D eigenvalue weighted by molar-refractivity contribution is -0.0498. The Kier molecular flexibility index (Phi) is 4.28. The van der Waals surface area contributed by atoms with Gasteiger partial charge in [-0.25, -0.2) is 4.98 Å². The highest BCUT2D eigenvalue weighted by atomic mass is 32.1. The minimum Gasteiger partial charge on any atom is -0.435 e. The van der Waals surface area contributed by atoms with Gasteiger partial charge < -0.3 is 4.74 Å².